The van der Waals surface area contributed by atoms with Crippen molar-refractivity contribution < 1.29 is 4.79 Å². The van der Waals surface area contributed by atoms with Crippen molar-refractivity contribution >= 4 is 11.5 Å². The van der Waals surface area contributed by atoms with Gasteiger partial charge in [-0.2, -0.15) is 5.26 Å². The van der Waals surface area contributed by atoms with Crippen LogP contribution in [0.5, 0.6) is 0 Å². The number of nitriles is 1. The van der Waals surface area contributed by atoms with Crippen LogP contribution in [0.4, 0.5) is 5.69 Å². The maximum absolute atomic E-state index is 12.9. The second kappa shape index (κ2) is 6.49. The molecule has 0 radical (unpaired) electrons. The molecule has 2 aromatic rings. The van der Waals surface area contributed by atoms with Crippen LogP contribution in [0.25, 0.3) is 0 Å². The van der Waals surface area contributed by atoms with Gasteiger partial charge in [-0.15, -0.1) is 0 Å². The summed E-state index contributed by atoms with van der Waals surface area (Å²) >= 11 is 0. The molecule has 0 saturated heterocycles. The molecule has 1 aromatic carbocycles. The fraction of sp³-hybridized carbons (Fsp3) is 0.190. The van der Waals surface area contributed by atoms with Gasteiger partial charge in [-0.25, -0.2) is 0 Å². The standard InChI is InChI=1S/C21H18N4O/c22-12-16-19(14-6-5-11-24-13-14)20-17(9-4-10-18(20)26)25(21(16)23)15-7-2-1-3-8-15/h1-3,5-8,11,13,19H,4,9-10,23H2/t19-/m0/s1. The predicted octanol–water partition coefficient (Wildman–Crippen LogP) is 3.39. The van der Waals surface area contributed by atoms with Gasteiger partial charge in [0.1, 0.15) is 5.82 Å². The molecule has 26 heavy (non-hydrogen) atoms. The molecule has 4 rings (SSSR count). The number of nitrogens with zero attached hydrogens (tertiary/aromatic N) is 3. The maximum atomic E-state index is 12.9. The molecule has 0 fully saturated rings. The van der Waals surface area contributed by atoms with Crippen molar-refractivity contribution in [3.8, 4) is 6.07 Å². The second-order valence-corrected chi connectivity index (χ2v) is 6.44. The lowest BCUT2D eigenvalue weighted by Crippen LogP contribution is -2.38. The van der Waals surface area contributed by atoms with Gasteiger partial charge < -0.3 is 5.73 Å². The normalized spacial score (nSPS) is 20.0. The molecular weight excluding hydrogens is 324 g/mol. The predicted molar refractivity (Wildman–Crippen MR) is 98.6 cm³/mol. The van der Waals surface area contributed by atoms with E-state index in [0.29, 0.717) is 23.4 Å². The highest BCUT2D eigenvalue weighted by Crippen LogP contribution is 2.45. The van der Waals surface area contributed by atoms with E-state index in [0.717, 1.165) is 29.8 Å². The largest absolute Gasteiger partial charge is 0.384 e. The van der Waals surface area contributed by atoms with Crippen molar-refractivity contribution in [3.63, 3.8) is 0 Å². The summed E-state index contributed by atoms with van der Waals surface area (Å²) in [5, 5.41) is 9.87. The summed E-state index contributed by atoms with van der Waals surface area (Å²) in [6.07, 6.45) is 5.43. The molecule has 0 unspecified atom stereocenters. The maximum Gasteiger partial charge on any atom is 0.161 e. The van der Waals surface area contributed by atoms with Gasteiger partial charge in [0.25, 0.3) is 0 Å². The van der Waals surface area contributed by atoms with Gasteiger partial charge in [0.05, 0.1) is 17.6 Å². The number of para-hydroxylation sites is 1. The minimum Gasteiger partial charge on any atom is -0.384 e. The average molecular weight is 342 g/mol. The molecule has 0 bridgehead atoms. The Morgan fingerprint density at radius 3 is 2.65 bits per heavy atom. The van der Waals surface area contributed by atoms with E-state index in [1.807, 2.05) is 47.4 Å². The van der Waals surface area contributed by atoms with Crippen LogP contribution in [0.3, 0.4) is 0 Å². The van der Waals surface area contributed by atoms with Gasteiger partial charge in [-0.05, 0) is 36.6 Å². The number of rotatable bonds is 2. The number of carbonyl (C=O) groups is 1. The Hall–Kier alpha value is -3.39. The number of hydrogen-bond donors (Lipinski definition) is 1. The van der Waals surface area contributed by atoms with E-state index in [-0.39, 0.29) is 5.78 Å². The average Bonchev–Trinajstić information content (AvgIpc) is 2.68. The van der Waals surface area contributed by atoms with Crippen LogP contribution in [-0.2, 0) is 4.79 Å². The van der Waals surface area contributed by atoms with E-state index in [9.17, 15) is 10.1 Å². The van der Waals surface area contributed by atoms with E-state index in [1.54, 1.807) is 12.4 Å². The number of aromatic nitrogens is 1. The van der Waals surface area contributed by atoms with Gasteiger partial charge in [0.2, 0.25) is 0 Å². The molecule has 2 heterocycles. The first-order chi connectivity index (χ1) is 12.7. The molecule has 1 aliphatic heterocycles. The van der Waals surface area contributed by atoms with Crippen LogP contribution < -0.4 is 10.6 Å². The summed E-state index contributed by atoms with van der Waals surface area (Å²) in [6, 6.07) is 15.6. The van der Waals surface area contributed by atoms with E-state index in [1.165, 1.54) is 0 Å². The van der Waals surface area contributed by atoms with Gasteiger partial charge >= 0.3 is 0 Å². The Bertz CT molecular complexity index is 955. The summed E-state index contributed by atoms with van der Waals surface area (Å²) in [4.78, 5) is 18.9. The number of pyridine rings is 1. The molecule has 1 aromatic heterocycles. The van der Waals surface area contributed by atoms with Crippen molar-refractivity contribution in [2.75, 3.05) is 4.90 Å². The van der Waals surface area contributed by atoms with Gasteiger partial charge in [0, 0.05) is 35.8 Å². The fourth-order valence-electron chi connectivity index (χ4n) is 3.84. The van der Waals surface area contributed by atoms with Crippen LogP contribution in [0, 0.1) is 11.3 Å². The van der Waals surface area contributed by atoms with Crippen LogP contribution >= 0.6 is 0 Å². The Morgan fingerprint density at radius 1 is 1.15 bits per heavy atom. The van der Waals surface area contributed by atoms with Gasteiger partial charge in [-0.1, -0.05) is 24.3 Å². The van der Waals surface area contributed by atoms with E-state index >= 15 is 0 Å². The fourth-order valence-corrected chi connectivity index (χ4v) is 3.84. The van der Waals surface area contributed by atoms with Crippen LogP contribution in [0.15, 0.2) is 77.5 Å². The molecule has 1 aliphatic carbocycles. The summed E-state index contributed by atoms with van der Waals surface area (Å²) in [5.41, 5.74) is 10.1. The summed E-state index contributed by atoms with van der Waals surface area (Å²) in [5.74, 6) is 0.0266. The molecule has 0 amide bonds. The molecule has 128 valence electrons. The van der Waals surface area contributed by atoms with E-state index in [4.69, 9.17) is 5.73 Å². The third-order valence-electron chi connectivity index (χ3n) is 4.95. The third-order valence-corrected chi connectivity index (χ3v) is 4.95. The van der Waals surface area contributed by atoms with Crippen molar-refractivity contribution in [1.29, 1.82) is 5.26 Å². The smallest absolute Gasteiger partial charge is 0.161 e. The monoisotopic (exact) mass is 342 g/mol. The Kier molecular flexibility index (Phi) is 4.02. The lowest BCUT2D eigenvalue weighted by atomic mass is 9.76. The molecular formula is C21H18N4O. The Morgan fingerprint density at radius 2 is 1.96 bits per heavy atom. The van der Waals surface area contributed by atoms with Crippen molar-refractivity contribution in [3.05, 3.63) is 83.1 Å². The first-order valence-corrected chi connectivity index (χ1v) is 8.63. The van der Waals surface area contributed by atoms with Crippen molar-refractivity contribution in [1.82, 2.24) is 4.98 Å². The summed E-state index contributed by atoms with van der Waals surface area (Å²) in [7, 11) is 0. The molecule has 2 aliphatic rings. The first kappa shape index (κ1) is 16.1. The molecule has 0 spiro atoms. The first-order valence-electron chi connectivity index (χ1n) is 8.63. The molecule has 5 nitrogen and oxygen atoms in total. The molecule has 2 N–H and O–H groups in total. The molecule has 5 heteroatoms. The van der Waals surface area contributed by atoms with Gasteiger partial charge in [0.15, 0.2) is 5.78 Å². The second-order valence-electron chi connectivity index (χ2n) is 6.44. The third kappa shape index (κ3) is 2.47. The Labute approximate surface area is 152 Å². The number of allylic oxidation sites excluding steroid dienone is 3. The number of Topliss-reactive ketones (excluding diaryl/α,β-unsaturated/α-hetero) is 1. The minimum atomic E-state index is -0.448. The minimum absolute atomic E-state index is 0.0845. The number of hydrogen-bond acceptors (Lipinski definition) is 5. The van der Waals surface area contributed by atoms with E-state index in [2.05, 4.69) is 11.1 Å². The van der Waals surface area contributed by atoms with Crippen LogP contribution in [0.2, 0.25) is 0 Å². The van der Waals surface area contributed by atoms with E-state index < -0.39 is 5.92 Å². The summed E-state index contributed by atoms with van der Waals surface area (Å²) in [6.45, 7) is 0. The molecule has 1 atom stereocenters. The van der Waals surface area contributed by atoms with Crippen LogP contribution in [-0.4, -0.2) is 10.8 Å². The lowest BCUT2D eigenvalue weighted by Gasteiger charge is -2.39. The summed E-state index contributed by atoms with van der Waals surface area (Å²) < 4.78 is 0. The van der Waals surface area contributed by atoms with Crippen molar-refractivity contribution in [2.45, 2.75) is 25.2 Å². The van der Waals surface area contributed by atoms with Crippen LogP contribution in [0.1, 0.15) is 30.7 Å². The zero-order valence-electron chi connectivity index (χ0n) is 14.2. The number of ketones is 1. The SMILES string of the molecule is N#CC1=C(N)N(c2ccccc2)C2=C(C(=O)CCC2)[C@H]1c1cccnc1. The number of carbonyl (C=O) groups excluding carboxylic acids is 1. The number of anilines is 1. The Balaban J connectivity index is 1.98. The topological polar surface area (TPSA) is 83.0 Å². The highest BCUT2D eigenvalue weighted by molar-refractivity contribution is 6.01. The lowest BCUT2D eigenvalue weighted by molar-refractivity contribution is -0.116. The van der Waals surface area contributed by atoms with Gasteiger partial charge in [-0.3, -0.25) is 14.7 Å². The zero-order valence-corrected chi connectivity index (χ0v) is 14.2. The number of nitrogens with two attached hydrogens (primary N) is 1. The van der Waals surface area contributed by atoms with Crippen molar-refractivity contribution in [2.24, 2.45) is 5.73 Å². The quantitative estimate of drug-likeness (QED) is 0.904. The highest BCUT2D eigenvalue weighted by atomic mass is 16.1. The number of benzene rings is 1. The zero-order chi connectivity index (χ0) is 18.1. The highest BCUT2D eigenvalue weighted by Gasteiger charge is 2.40. The molecule has 0 saturated carbocycles.